The fourth-order valence-corrected chi connectivity index (χ4v) is 1.70. The highest BCUT2D eigenvalue weighted by molar-refractivity contribution is 6.31. The third kappa shape index (κ3) is 1.05. The number of halogens is 1. The number of rotatable bonds is 0. The van der Waals surface area contributed by atoms with Gasteiger partial charge < -0.3 is 0 Å². The van der Waals surface area contributed by atoms with Gasteiger partial charge in [0, 0.05) is 17.9 Å². The van der Waals surface area contributed by atoms with Gasteiger partial charge in [0.15, 0.2) is 0 Å². The standard InChI is InChI=1S/C9H7ClO/c10-9-3-1-2-6-4-7(11)5-8(6)9/h1-3H,4-5H2. The molecular formula is C9H7ClO. The van der Waals surface area contributed by atoms with Crippen molar-refractivity contribution in [2.24, 2.45) is 0 Å². The van der Waals surface area contributed by atoms with Crippen LogP contribution in [0.2, 0.25) is 5.02 Å². The van der Waals surface area contributed by atoms with E-state index in [1.165, 1.54) is 0 Å². The molecule has 0 saturated heterocycles. The van der Waals surface area contributed by atoms with Crippen molar-refractivity contribution in [3.8, 4) is 0 Å². The van der Waals surface area contributed by atoms with E-state index in [9.17, 15) is 4.79 Å². The minimum absolute atomic E-state index is 0.271. The van der Waals surface area contributed by atoms with Crippen molar-refractivity contribution in [1.29, 1.82) is 0 Å². The Kier molecular flexibility index (Phi) is 1.46. The van der Waals surface area contributed by atoms with E-state index in [-0.39, 0.29) is 5.78 Å². The lowest BCUT2D eigenvalue weighted by atomic mass is 10.1. The Bertz CT molecular complexity index is 317. The van der Waals surface area contributed by atoms with Crippen LogP contribution in [0.5, 0.6) is 0 Å². The average molecular weight is 167 g/mol. The zero-order valence-electron chi connectivity index (χ0n) is 5.93. The Morgan fingerprint density at radius 2 is 2.09 bits per heavy atom. The average Bonchev–Trinajstić information content (AvgIpc) is 2.31. The van der Waals surface area contributed by atoms with Crippen LogP contribution in [-0.2, 0) is 17.6 Å². The van der Waals surface area contributed by atoms with Gasteiger partial charge in [0.2, 0.25) is 0 Å². The molecule has 0 radical (unpaired) electrons. The van der Waals surface area contributed by atoms with Crippen LogP contribution in [0.3, 0.4) is 0 Å². The van der Waals surface area contributed by atoms with Gasteiger partial charge in [0.05, 0.1) is 0 Å². The summed E-state index contributed by atoms with van der Waals surface area (Å²) in [6.45, 7) is 0. The van der Waals surface area contributed by atoms with E-state index in [0.717, 1.165) is 16.1 Å². The summed E-state index contributed by atoms with van der Waals surface area (Å²) in [6.07, 6.45) is 1.09. The van der Waals surface area contributed by atoms with Gasteiger partial charge in [-0.05, 0) is 17.2 Å². The van der Waals surface area contributed by atoms with E-state index in [1.807, 2.05) is 18.2 Å². The number of fused-ring (bicyclic) bond motifs is 1. The van der Waals surface area contributed by atoms with Gasteiger partial charge in [-0.25, -0.2) is 0 Å². The lowest BCUT2D eigenvalue weighted by Crippen LogP contribution is -1.92. The summed E-state index contributed by atoms with van der Waals surface area (Å²) < 4.78 is 0. The first-order chi connectivity index (χ1) is 5.27. The molecule has 0 spiro atoms. The van der Waals surface area contributed by atoms with Crippen molar-refractivity contribution >= 4 is 17.4 Å². The number of carbonyl (C=O) groups is 1. The minimum Gasteiger partial charge on any atom is -0.299 e. The number of Topliss-reactive ketones (excluding diaryl/α,β-unsaturated/α-hetero) is 1. The monoisotopic (exact) mass is 166 g/mol. The van der Waals surface area contributed by atoms with Crippen LogP contribution < -0.4 is 0 Å². The molecule has 0 saturated carbocycles. The lowest BCUT2D eigenvalue weighted by Gasteiger charge is -1.97. The molecule has 0 N–H and O–H groups in total. The highest BCUT2D eigenvalue weighted by atomic mass is 35.5. The van der Waals surface area contributed by atoms with Gasteiger partial charge in [0.25, 0.3) is 0 Å². The quantitative estimate of drug-likeness (QED) is 0.576. The SMILES string of the molecule is O=C1Cc2cccc(Cl)c2C1. The number of carbonyl (C=O) groups excluding carboxylic acids is 1. The third-order valence-corrected chi connectivity index (χ3v) is 2.33. The number of hydrogen-bond acceptors (Lipinski definition) is 1. The molecular weight excluding hydrogens is 160 g/mol. The van der Waals surface area contributed by atoms with E-state index < -0.39 is 0 Å². The maximum Gasteiger partial charge on any atom is 0.141 e. The molecule has 1 aromatic carbocycles. The van der Waals surface area contributed by atoms with Crippen LogP contribution in [-0.4, -0.2) is 5.78 Å². The summed E-state index contributed by atoms with van der Waals surface area (Å²) in [6, 6.07) is 5.69. The smallest absolute Gasteiger partial charge is 0.141 e. The van der Waals surface area contributed by atoms with Crippen molar-refractivity contribution in [2.75, 3.05) is 0 Å². The van der Waals surface area contributed by atoms with Crippen molar-refractivity contribution in [1.82, 2.24) is 0 Å². The van der Waals surface area contributed by atoms with Gasteiger partial charge in [-0.3, -0.25) is 4.79 Å². The van der Waals surface area contributed by atoms with Crippen LogP contribution >= 0.6 is 11.6 Å². The number of ketones is 1. The Morgan fingerprint density at radius 1 is 1.27 bits per heavy atom. The summed E-state index contributed by atoms with van der Waals surface area (Å²) in [5.74, 6) is 0.271. The summed E-state index contributed by atoms with van der Waals surface area (Å²) >= 11 is 5.88. The van der Waals surface area contributed by atoms with Crippen LogP contribution in [0.1, 0.15) is 11.1 Å². The van der Waals surface area contributed by atoms with Gasteiger partial charge in [-0.1, -0.05) is 23.7 Å². The lowest BCUT2D eigenvalue weighted by molar-refractivity contribution is -0.117. The fourth-order valence-electron chi connectivity index (χ4n) is 1.44. The van der Waals surface area contributed by atoms with Gasteiger partial charge in [-0.15, -0.1) is 0 Å². The molecule has 11 heavy (non-hydrogen) atoms. The van der Waals surface area contributed by atoms with Crippen molar-refractivity contribution in [3.05, 3.63) is 34.3 Å². The second-order valence-corrected chi connectivity index (χ2v) is 3.18. The maximum atomic E-state index is 11.0. The third-order valence-electron chi connectivity index (χ3n) is 1.98. The van der Waals surface area contributed by atoms with Crippen LogP contribution in [0.15, 0.2) is 18.2 Å². The molecule has 1 aliphatic rings. The predicted octanol–water partition coefficient (Wildman–Crippen LogP) is 2.01. The van der Waals surface area contributed by atoms with Crippen molar-refractivity contribution in [3.63, 3.8) is 0 Å². The van der Waals surface area contributed by atoms with Gasteiger partial charge in [0.1, 0.15) is 5.78 Å². The van der Waals surface area contributed by atoms with Gasteiger partial charge >= 0.3 is 0 Å². The molecule has 1 nitrogen and oxygen atoms in total. The zero-order valence-corrected chi connectivity index (χ0v) is 6.69. The molecule has 2 heteroatoms. The topological polar surface area (TPSA) is 17.1 Å². The second kappa shape index (κ2) is 2.35. The summed E-state index contributed by atoms with van der Waals surface area (Å²) in [5.41, 5.74) is 2.13. The molecule has 0 aromatic heterocycles. The van der Waals surface area contributed by atoms with Crippen LogP contribution in [0.4, 0.5) is 0 Å². The Hall–Kier alpha value is -0.820. The summed E-state index contributed by atoms with van der Waals surface area (Å²) in [4.78, 5) is 11.0. The first-order valence-corrected chi connectivity index (χ1v) is 3.93. The highest BCUT2D eigenvalue weighted by Gasteiger charge is 2.19. The van der Waals surface area contributed by atoms with E-state index in [4.69, 9.17) is 11.6 Å². The predicted molar refractivity (Wildman–Crippen MR) is 43.9 cm³/mol. The largest absolute Gasteiger partial charge is 0.299 e. The molecule has 0 aliphatic heterocycles. The molecule has 1 aliphatic carbocycles. The molecule has 0 unspecified atom stereocenters. The van der Waals surface area contributed by atoms with E-state index in [2.05, 4.69) is 0 Å². The van der Waals surface area contributed by atoms with E-state index in [1.54, 1.807) is 0 Å². The van der Waals surface area contributed by atoms with Gasteiger partial charge in [-0.2, -0.15) is 0 Å². The van der Waals surface area contributed by atoms with E-state index in [0.29, 0.717) is 12.8 Å². The van der Waals surface area contributed by atoms with E-state index >= 15 is 0 Å². The number of hydrogen-bond donors (Lipinski definition) is 0. The maximum absolute atomic E-state index is 11.0. The molecule has 56 valence electrons. The van der Waals surface area contributed by atoms with Crippen LogP contribution in [0, 0.1) is 0 Å². The molecule has 0 amide bonds. The Labute approximate surface area is 70.0 Å². The normalized spacial score (nSPS) is 15.2. The number of benzene rings is 1. The molecule has 0 atom stereocenters. The first-order valence-electron chi connectivity index (χ1n) is 3.55. The summed E-state index contributed by atoms with van der Waals surface area (Å²) in [7, 11) is 0. The Morgan fingerprint density at radius 3 is 2.82 bits per heavy atom. The first kappa shape index (κ1) is 6.86. The second-order valence-electron chi connectivity index (χ2n) is 2.77. The molecule has 1 aromatic rings. The molecule has 0 heterocycles. The Balaban J connectivity index is 2.57. The zero-order chi connectivity index (χ0) is 7.84. The van der Waals surface area contributed by atoms with Crippen molar-refractivity contribution in [2.45, 2.75) is 12.8 Å². The van der Waals surface area contributed by atoms with Crippen LogP contribution in [0.25, 0.3) is 0 Å². The molecule has 0 bridgehead atoms. The molecule has 2 rings (SSSR count). The summed E-state index contributed by atoms with van der Waals surface area (Å²) in [5, 5.41) is 0.730. The minimum atomic E-state index is 0.271. The highest BCUT2D eigenvalue weighted by Crippen LogP contribution is 2.26. The molecule has 0 fully saturated rings. The fraction of sp³-hybridized carbons (Fsp3) is 0.222. The van der Waals surface area contributed by atoms with Crippen molar-refractivity contribution < 1.29 is 4.79 Å².